The van der Waals surface area contributed by atoms with Crippen LogP contribution in [0.3, 0.4) is 0 Å². The van der Waals surface area contributed by atoms with E-state index in [2.05, 4.69) is 26.3 Å². The minimum Gasteiger partial charge on any atom is -0.388 e. The number of unbranched alkanes of at least 4 members (excludes halogenated alkanes) is 1. The van der Waals surface area contributed by atoms with Crippen molar-refractivity contribution in [1.29, 1.82) is 5.53 Å². The molecule has 6 N–H and O–H groups in total. The Kier molecular flexibility index (Phi) is 12.7. The number of nitrogens with two attached hydrogens (primary N) is 1. The normalized spacial score (nSPS) is 10.8. The van der Waals surface area contributed by atoms with Gasteiger partial charge in [0.2, 0.25) is 0 Å². The molecule has 0 fully saturated rings. The number of hydrogen-bond donors (Lipinski definition) is 5. The fraction of sp³-hybridized carbons (Fsp3) is 0.889. The summed E-state index contributed by atoms with van der Waals surface area (Å²) in [6.45, 7) is 4.22. The van der Waals surface area contributed by atoms with Crippen molar-refractivity contribution in [2.75, 3.05) is 32.8 Å². The van der Waals surface area contributed by atoms with Crippen molar-refractivity contribution >= 4 is 6.34 Å². The van der Waals surface area contributed by atoms with E-state index in [1.807, 2.05) is 0 Å². The van der Waals surface area contributed by atoms with Crippen molar-refractivity contribution in [2.24, 2.45) is 15.9 Å². The highest BCUT2D eigenvalue weighted by Gasteiger charge is 1.89. The van der Waals surface area contributed by atoms with Crippen molar-refractivity contribution in [2.45, 2.75) is 19.3 Å². The quantitative estimate of drug-likeness (QED) is 0.105. The number of rotatable bonds is 12. The first-order valence-corrected chi connectivity index (χ1v) is 5.62. The molecule has 16 heavy (non-hydrogen) atoms. The van der Waals surface area contributed by atoms with Crippen LogP contribution >= 0.6 is 0 Å². The molecule has 0 radical (unpaired) electrons. The maximum atomic E-state index is 6.57. The van der Waals surface area contributed by atoms with Crippen molar-refractivity contribution in [3.05, 3.63) is 0 Å². The van der Waals surface area contributed by atoms with Crippen LogP contribution in [0.2, 0.25) is 0 Å². The molecule has 0 heterocycles. The highest BCUT2D eigenvalue weighted by molar-refractivity contribution is 5.50. The topological polar surface area (TPSA) is 111 Å². The summed E-state index contributed by atoms with van der Waals surface area (Å²) in [5.74, 6) is 0. The standard InChI is InChI=1S/C9H23N7/c10-8-16-15-7-2-1-4-12-5-3-6-13-9-14-11/h8,11-13,15H,1-7,9H2,(H2,10,16). The van der Waals surface area contributed by atoms with Crippen LogP contribution in [0.1, 0.15) is 19.3 Å². The molecule has 94 valence electrons. The van der Waals surface area contributed by atoms with Gasteiger partial charge in [-0.2, -0.15) is 10.2 Å². The Hall–Kier alpha value is -1.21. The van der Waals surface area contributed by atoms with Gasteiger partial charge in [-0.1, -0.05) is 0 Å². The van der Waals surface area contributed by atoms with E-state index in [1.165, 1.54) is 6.34 Å². The first-order valence-electron chi connectivity index (χ1n) is 5.62. The summed E-state index contributed by atoms with van der Waals surface area (Å²) in [5, 5.41) is 13.3. The molecule has 0 aromatic carbocycles. The Balaban J connectivity index is 2.90. The fourth-order valence-corrected chi connectivity index (χ4v) is 1.17. The first kappa shape index (κ1) is 14.8. The average molecular weight is 229 g/mol. The van der Waals surface area contributed by atoms with Gasteiger partial charge in [0.15, 0.2) is 0 Å². The van der Waals surface area contributed by atoms with E-state index in [0.717, 1.165) is 45.4 Å². The second-order valence-electron chi connectivity index (χ2n) is 3.31. The number of nitrogens with zero attached hydrogens (tertiary/aromatic N) is 2. The van der Waals surface area contributed by atoms with E-state index in [0.29, 0.717) is 6.67 Å². The van der Waals surface area contributed by atoms with Crippen molar-refractivity contribution in [1.82, 2.24) is 16.1 Å². The second-order valence-corrected chi connectivity index (χ2v) is 3.31. The second kappa shape index (κ2) is 13.8. The molecule has 0 aliphatic rings. The predicted molar refractivity (Wildman–Crippen MR) is 65.4 cm³/mol. The third-order valence-corrected chi connectivity index (χ3v) is 1.96. The van der Waals surface area contributed by atoms with E-state index in [4.69, 9.17) is 11.3 Å². The maximum absolute atomic E-state index is 6.57. The average Bonchev–Trinajstić information content (AvgIpc) is 2.31. The maximum Gasteiger partial charge on any atom is 0.109 e. The summed E-state index contributed by atoms with van der Waals surface area (Å²) in [5.41, 5.74) is 14.5. The van der Waals surface area contributed by atoms with Crippen LogP contribution in [0.5, 0.6) is 0 Å². The van der Waals surface area contributed by atoms with E-state index >= 15 is 0 Å². The molecule has 0 aliphatic carbocycles. The lowest BCUT2D eigenvalue weighted by molar-refractivity contribution is 0.563. The van der Waals surface area contributed by atoms with Gasteiger partial charge in [0.05, 0.1) is 0 Å². The lowest BCUT2D eigenvalue weighted by Crippen LogP contribution is -2.23. The SMILES string of the molecule is N=NCNCCCNCCCCNN=CN. The molecule has 0 rings (SSSR count). The van der Waals surface area contributed by atoms with Crippen LogP contribution in [0.4, 0.5) is 0 Å². The predicted octanol–water partition coefficient (Wildman–Crippen LogP) is -0.184. The lowest BCUT2D eigenvalue weighted by Gasteiger charge is -2.04. The Morgan fingerprint density at radius 3 is 2.44 bits per heavy atom. The minimum atomic E-state index is 0.424. The molecule has 7 heteroatoms. The van der Waals surface area contributed by atoms with Crippen LogP contribution in [0.25, 0.3) is 0 Å². The van der Waals surface area contributed by atoms with Crippen LogP contribution in [0, 0.1) is 5.53 Å². The Morgan fingerprint density at radius 2 is 1.69 bits per heavy atom. The third-order valence-electron chi connectivity index (χ3n) is 1.96. The zero-order valence-electron chi connectivity index (χ0n) is 9.71. The summed E-state index contributed by atoms with van der Waals surface area (Å²) < 4.78 is 0. The van der Waals surface area contributed by atoms with Gasteiger partial charge in [0, 0.05) is 6.54 Å². The summed E-state index contributed by atoms with van der Waals surface area (Å²) in [7, 11) is 0. The van der Waals surface area contributed by atoms with Crippen molar-refractivity contribution < 1.29 is 0 Å². The van der Waals surface area contributed by atoms with Gasteiger partial charge in [-0.3, -0.25) is 5.32 Å². The molecule has 7 nitrogen and oxygen atoms in total. The lowest BCUT2D eigenvalue weighted by atomic mass is 10.3. The fourth-order valence-electron chi connectivity index (χ4n) is 1.17. The molecule has 0 bridgehead atoms. The summed E-state index contributed by atoms with van der Waals surface area (Å²) in [6, 6.07) is 0. The molecular weight excluding hydrogens is 206 g/mol. The molecule has 0 aromatic rings. The smallest absolute Gasteiger partial charge is 0.109 e. The monoisotopic (exact) mass is 229 g/mol. The molecule has 0 aromatic heterocycles. The first-order chi connectivity index (χ1) is 7.91. The highest BCUT2D eigenvalue weighted by atomic mass is 15.3. The van der Waals surface area contributed by atoms with Gasteiger partial charge in [0.25, 0.3) is 0 Å². The van der Waals surface area contributed by atoms with Crippen molar-refractivity contribution in [3.63, 3.8) is 0 Å². The van der Waals surface area contributed by atoms with E-state index in [1.54, 1.807) is 0 Å². The molecule has 0 spiro atoms. The third kappa shape index (κ3) is 12.8. The number of nitrogens with one attached hydrogen (secondary N) is 4. The van der Waals surface area contributed by atoms with Gasteiger partial charge in [0.1, 0.15) is 13.0 Å². The van der Waals surface area contributed by atoms with Gasteiger partial charge >= 0.3 is 0 Å². The van der Waals surface area contributed by atoms with Gasteiger partial charge in [-0.25, -0.2) is 5.53 Å². The van der Waals surface area contributed by atoms with E-state index in [-0.39, 0.29) is 0 Å². The summed E-state index contributed by atoms with van der Waals surface area (Å²) in [4.78, 5) is 0. The van der Waals surface area contributed by atoms with Crippen LogP contribution < -0.4 is 21.8 Å². The summed E-state index contributed by atoms with van der Waals surface area (Å²) in [6.07, 6.45) is 4.53. The van der Waals surface area contributed by atoms with Crippen LogP contribution in [0.15, 0.2) is 10.2 Å². The molecule has 0 aliphatic heterocycles. The van der Waals surface area contributed by atoms with Crippen molar-refractivity contribution in [3.8, 4) is 0 Å². The Morgan fingerprint density at radius 1 is 1.00 bits per heavy atom. The van der Waals surface area contributed by atoms with E-state index in [9.17, 15) is 0 Å². The largest absolute Gasteiger partial charge is 0.388 e. The van der Waals surface area contributed by atoms with Gasteiger partial charge in [-0.05, 0) is 38.9 Å². The Bertz CT molecular complexity index is 171. The molecule has 0 amide bonds. The molecule has 0 unspecified atom stereocenters. The zero-order chi connectivity index (χ0) is 11.9. The molecule has 0 saturated carbocycles. The van der Waals surface area contributed by atoms with Gasteiger partial charge in [-0.15, -0.1) is 0 Å². The minimum absolute atomic E-state index is 0.424. The zero-order valence-corrected chi connectivity index (χ0v) is 9.71. The Labute approximate surface area is 96.8 Å². The number of hydrazone groups is 1. The van der Waals surface area contributed by atoms with Crippen LogP contribution in [-0.2, 0) is 0 Å². The van der Waals surface area contributed by atoms with Crippen LogP contribution in [-0.4, -0.2) is 39.2 Å². The van der Waals surface area contributed by atoms with E-state index < -0.39 is 0 Å². The molecule has 0 atom stereocenters. The molecule has 0 saturated heterocycles. The summed E-state index contributed by atoms with van der Waals surface area (Å²) >= 11 is 0. The highest BCUT2D eigenvalue weighted by Crippen LogP contribution is 1.84. The van der Waals surface area contributed by atoms with Gasteiger partial charge < -0.3 is 16.5 Å². The number of hydrogen-bond acceptors (Lipinski definition) is 6. The molecular formula is C9H23N7.